The number of benzene rings is 2. The molecule has 0 amide bonds. The van der Waals surface area contributed by atoms with Gasteiger partial charge in [-0.2, -0.15) is 17.5 Å². The highest BCUT2D eigenvalue weighted by molar-refractivity contribution is 7.90. The Morgan fingerprint density at radius 1 is 0.909 bits per heavy atom. The third-order valence-electron chi connectivity index (χ3n) is 5.77. The molecule has 12 heteroatoms. The molecule has 1 fully saturated rings. The molecular formula is C21H25F3N2O5S2. The second-order valence-electron chi connectivity index (χ2n) is 8.27. The monoisotopic (exact) mass is 506 g/mol. The second-order valence-corrected chi connectivity index (χ2v) is 12.2. The lowest BCUT2D eigenvalue weighted by atomic mass is 9.96. The van der Waals surface area contributed by atoms with E-state index in [2.05, 4.69) is 0 Å². The molecule has 0 aromatic heterocycles. The quantitative estimate of drug-likeness (QED) is 0.670. The highest BCUT2D eigenvalue weighted by Crippen LogP contribution is 2.38. The molecule has 0 saturated carbocycles. The van der Waals surface area contributed by atoms with E-state index in [1.165, 1.54) is 16.4 Å². The predicted octanol–water partition coefficient (Wildman–Crippen LogP) is 2.76. The van der Waals surface area contributed by atoms with Crippen LogP contribution in [0.1, 0.15) is 19.4 Å². The van der Waals surface area contributed by atoms with E-state index in [0.29, 0.717) is 20.0 Å². The lowest BCUT2D eigenvalue weighted by Crippen LogP contribution is -2.54. The first-order chi connectivity index (χ1) is 15.0. The summed E-state index contributed by atoms with van der Waals surface area (Å²) < 4.78 is 89.9. The zero-order valence-electron chi connectivity index (χ0n) is 18.2. The predicted molar refractivity (Wildman–Crippen MR) is 117 cm³/mol. The summed E-state index contributed by atoms with van der Waals surface area (Å²) in [5.74, 6) is 0. The van der Waals surface area contributed by atoms with E-state index in [-0.39, 0.29) is 16.3 Å². The topological polar surface area (TPSA) is 95.0 Å². The average molecular weight is 507 g/mol. The van der Waals surface area contributed by atoms with Crippen LogP contribution in [0.2, 0.25) is 0 Å². The number of hydrogen-bond acceptors (Lipinski definition) is 6. The Hall–Kier alpha value is -2.15. The van der Waals surface area contributed by atoms with Crippen molar-refractivity contribution in [2.45, 2.75) is 41.5 Å². The number of halogens is 3. The molecule has 0 aliphatic carbocycles. The SMILES string of the molecule is CC1CN(c2ccc(S(C)(=O)=O)cc2)CCN1S(=O)(=O)c1ccc([C@](C)(O)C(F)(F)F)cc1. The lowest BCUT2D eigenvalue weighted by molar-refractivity contribution is -0.258. The molecule has 2 aromatic carbocycles. The van der Waals surface area contributed by atoms with Gasteiger partial charge in [0.2, 0.25) is 10.0 Å². The Morgan fingerprint density at radius 3 is 1.88 bits per heavy atom. The molecule has 1 N–H and O–H groups in total. The first-order valence-electron chi connectivity index (χ1n) is 10.0. The number of piperazine rings is 1. The van der Waals surface area contributed by atoms with E-state index in [1.54, 1.807) is 19.1 Å². The fraction of sp³-hybridized carbons (Fsp3) is 0.429. The molecule has 33 heavy (non-hydrogen) atoms. The molecule has 1 unspecified atom stereocenters. The van der Waals surface area contributed by atoms with Crippen molar-refractivity contribution in [1.82, 2.24) is 4.31 Å². The van der Waals surface area contributed by atoms with Gasteiger partial charge in [-0.25, -0.2) is 16.8 Å². The van der Waals surface area contributed by atoms with E-state index in [4.69, 9.17) is 0 Å². The van der Waals surface area contributed by atoms with Gasteiger partial charge in [0.05, 0.1) is 9.79 Å². The van der Waals surface area contributed by atoms with Gasteiger partial charge in [-0.15, -0.1) is 0 Å². The van der Waals surface area contributed by atoms with Crippen LogP contribution in [-0.4, -0.2) is 64.4 Å². The fourth-order valence-electron chi connectivity index (χ4n) is 3.69. The summed E-state index contributed by atoms with van der Waals surface area (Å²) in [6, 6.07) is 9.93. The maximum Gasteiger partial charge on any atom is 0.421 e. The summed E-state index contributed by atoms with van der Waals surface area (Å²) in [7, 11) is -7.30. The lowest BCUT2D eigenvalue weighted by Gasteiger charge is -2.40. The minimum atomic E-state index is -4.91. The molecule has 2 atom stereocenters. The van der Waals surface area contributed by atoms with Gasteiger partial charge in [0.15, 0.2) is 15.4 Å². The van der Waals surface area contributed by atoms with Crippen molar-refractivity contribution in [3.8, 4) is 0 Å². The third kappa shape index (κ3) is 5.03. The van der Waals surface area contributed by atoms with Gasteiger partial charge in [0.1, 0.15) is 0 Å². The normalized spacial score (nSPS) is 20.5. The van der Waals surface area contributed by atoms with E-state index in [9.17, 15) is 35.1 Å². The van der Waals surface area contributed by atoms with Crippen LogP contribution in [0.5, 0.6) is 0 Å². The molecule has 0 spiro atoms. The molecule has 7 nitrogen and oxygen atoms in total. The number of rotatable bonds is 5. The summed E-state index contributed by atoms with van der Waals surface area (Å²) in [5.41, 5.74) is -2.80. The first-order valence-corrected chi connectivity index (χ1v) is 13.3. The summed E-state index contributed by atoms with van der Waals surface area (Å²) in [5, 5.41) is 9.78. The number of sulfone groups is 1. The van der Waals surface area contributed by atoms with Crippen molar-refractivity contribution < 1.29 is 35.1 Å². The summed E-state index contributed by atoms with van der Waals surface area (Å²) in [6.45, 7) is 3.16. The van der Waals surface area contributed by atoms with Gasteiger partial charge >= 0.3 is 6.18 Å². The van der Waals surface area contributed by atoms with E-state index < -0.39 is 43.2 Å². The van der Waals surface area contributed by atoms with Crippen LogP contribution in [0.3, 0.4) is 0 Å². The Morgan fingerprint density at radius 2 is 1.42 bits per heavy atom. The largest absolute Gasteiger partial charge is 0.421 e. The molecule has 2 aromatic rings. The zero-order valence-corrected chi connectivity index (χ0v) is 19.9. The molecule has 0 radical (unpaired) electrons. The molecule has 1 saturated heterocycles. The number of hydrogen-bond donors (Lipinski definition) is 1. The van der Waals surface area contributed by atoms with Gasteiger partial charge in [-0.1, -0.05) is 12.1 Å². The maximum absolute atomic E-state index is 13.1. The molecular weight excluding hydrogens is 481 g/mol. The van der Waals surface area contributed by atoms with Crippen LogP contribution in [0.4, 0.5) is 18.9 Å². The van der Waals surface area contributed by atoms with Gasteiger partial charge < -0.3 is 10.0 Å². The third-order valence-corrected chi connectivity index (χ3v) is 8.93. The highest BCUT2D eigenvalue weighted by Gasteiger charge is 2.51. The maximum atomic E-state index is 13.1. The smallest absolute Gasteiger partial charge is 0.376 e. The Bertz CT molecular complexity index is 1210. The number of anilines is 1. The van der Waals surface area contributed by atoms with Crippen molar-refractivity contribution in [2.24, 2.45) is 0 Å². The number of alkyl halides is 3. The number of sulfonamides is 1. The van der Waals surface area contributed by atoms with Gasteiger partial charge in [0, 0.05) is 37.6 Å². The van der Waals surface area contributed by atoms with Crippen LogP contribution >= 0.6 is 0 Å². The van der Waals surface area contributed by atoms with Crippen molar-refractivity contribution in [3.63, 3.8) is 0 Å². The van der Waals surface area contributed by atoms with Crippen LogP contribution in [-0.2, 0) is 25.5 Å². The van der Waals surface area contributed by atoms with Crippen molar-refractivity contribution in [2.75, 3.05) is 30.8 Å². The Kier molecular flexibility index (Phi) is 6.61. The van der Waals surface area contributed by atoms with Crippen LogP contribution < -0.4 is 4.90 Å². The Labute approximate surface area is 191 Å². The molecule has 1 aliphatic rings. The zero-order chi connectivity index (χ0) is 24.8. The molecule has 1 aliphatic heterocycles. The van der Waals surface area contributed by atoms with Crippen molar-refractivity contribution >= 4 is 25.5 Å². The average Bonchev–Trinajstić information content (AvgIpc) is 2.72. The summed E-state index contributed by atoms with van der Waals surface area (Å²) in [6.07, 6.45) is -3.79. The standard InChI is InChI=1S/C21H25F3N2O5S2/c1-15-14-25(17-6-10-18(11-7-17)32(3,28)29)12-13-26(15)33(30,31)19-8-4-16(5-9-19)20(2,27)21(22,23)24/h4-11,15,27H,12-14H2,1-3H3/t15?,20-/m0/s1. The molecule has 0 bridgehead atoms. The minimum absolute atomic E-state index is 0.138. The molecule has 182 valence electrons. The van der Waals surface area contributed by atoms with Crippen molar-refractivity contribution in [3.05, 3.63) is 54.1 Å². The fourth-order valence-corrected chi connectivity index (χ4v) is 5.93. The van der Waals surface area contributed by atoms with Crippen LogP contribution in [0.25, 0.3) is 0 Å². The first kappa shape index (κ1) is 25.5. The van der Waals surface area contributed by atoms with Crippen LogP contribution in [0.15, 0.2) is 58.3 Å². The number of nitrogens with zero attached hydrogens (tertiary/aromatic N) is 2. The van der Waals surface area contributed by atoms with Gasteiger partial charge in [-0.05, 0) is 55.8 Å². The van der Waals surface area contributed by atoms with E-state index in [0.717, 1.165) is 36.2 Å². The van der Waals surface area contributed by atoms with E-state index in [1.807, 2.05) is 4.90 Å². The highest BCUT2D eigenvalue weighted by atomic mass is 32.2. The summed E-state index contributed by atoms with van der Waals surface area (Å²) in [4.78, 5) is 1.96. The van der Waals surface area contributed by atoms with Crippen molar-refractivity contribution in [1.29, 1.82) is 0 Å². The number of aliphatic hydroxyl groups is 1. The van der Waals surface area contributed by atoms with Gasteiger partial charge in [-0.3, -0.25) is 0 Å². The Balaban J connectivity index is 1.77. The van der Waals surface area contributed by atoms with Crippen LogP contribution in [0, 0.1) is 0 Å². The summed E-state index contributed by atoms with van der Waals surface area (Å²) >= 11 is 0. The van der Waals surface area contributed by atoms with Gasteiger partial charge in [0.25, 0.3) is 0 Å². The molecule has 3 rings (SSSR count). The van der Waals surface area contributed by atoms with E-state index >= 15 is 0 Å². The molecule has 1 heterocycles. The minimum Gasteiger partial charge on any atom is -0.376 e. The second kappa shape index (κ2) is 8.57.